The Bertz CT molecular complexity index is 762. The highest BCUT2D eigenvalue weighted by Crippen LogP contribution is 2.22. The number of carbonyl (C=O) groups excluding carboxylic acids is 1. The molecule has 0 unspecified atom stereocenters. The van der Waals surface area contributed by atoms with E-state index in [4.69, 9.17) is 9.47 Å². The van der Waals surface area contributed by atoms with Gasteiger partial charge in [0.2, 0.25) is 0 Å². The van der Waals surface area contributed by atoms with Crippen molar-refractivity contribution in [1.29, 1.82) is 0 Å². The molecule has 0 bridgehead atoms. The predicted octanol–water partition coefficient (Wildman–Crippen LogP) is 4.57. The van der Waals surface area contributed by atoms with E-state index in [1.165, 1.54) is 0 Å². The second kappa shape index (κ2) is 8.02. The van der Waals surface area contributed by atoms with E-state index in [2.05, 4.69) is 5.32 Å². The number of nitrogens with one attached hydrogen (secondary N) is 1. The average molecular weight is 333 g/mol. The molecular weight excluding hydrogens is 314 g/mol. The van der Waals surface area contributed by atoms with Gasteiger partial charge in [-0.05, 0) is 35.4 Å². The lowest BCUT2D eigenvalue weighted by Crippen LogP contribution is -2.31. The van der Waals surface area contributed by atoms with E-state index in [1.54, 1.807) is 31.4 Å². The summed E-state index contributed by atoms with van der Waals surface area (Å²) in [4.78, 5) is 12.4. The minimum Gasteiger partial charge on any atom is -0.497 e. The van der Waals surface area contributed by atoms with E-state index in [0.29, 0.717) is 11.5 Å². The third-order valence-corrected chi connectivity index (χ3v) is 3.80. The molecular formula is C21H19NO3. The number of benzene rings is 3. The van der Waals surface area contributed by atoms with Gasteiger partial charge in [0.25, 0.3) is 0 Å². The molecule has 0 spiro atoms. The van der Waals surface area contributed by atoms with Gasteiger partial charge in [-0.25, -0.2) is 4.79 Å². The molecule has 0 aliphatic rings. The third-order valence-electron chi connectivity index (χ3n) is 3.80. The quantitative estimate of drug-likeness (QED) is 0.744. The molecule has 3 aromatic carbocycles. The summed E-state index contributed by atoms with van der Waals surface area (Å²) in [5.74, 6) is 1.16. The van der Waals surface area contributed by atoms with Crippen molar-refractivity contribution in [3.8, 4) is 11.5 Å². The van der Waals surface area contributed by atoms with Gasteiger partial charge >= 0.3 is 6.09 Å². The summed E-state index contributed by atoms with van der Waals surface area (Å²) < 4.78 is 10.5. The first-order chi connectivity index (χ1) is 12.3. The van der Waals surface area contributed by atoms with E-state index in [0.717, 1.165) is 11.1 Å². The molecule has 0 atom stereocenters. The average Bonchev–Trinajstić information content (AvgIpc) is 2.68. The van der Waals surface area contributed by atoms with Crippen molar-refractivity contribution in [2.24, 2.45) is 0 Å². The maximum Gasteiger partial charge on any atom is 0.413 e. The molecule has 3 aromatic rings. The van der Waals surface area contributed by atoms with Crippen LogP contribution in [0.5, 0.6) is 11.5 Å². The number of rotatable bonds is 5. The zero-order chi connectivity index (χ0) is 17.5. The van der Waals surface area contributed by atoms with Crippen LogP contribution in [-0.2, 0) is 0 Å². The van der Waals surface area contributed by atoms with Gasteiger partial charge in [0.05, 0.1) is 13.2 Å². The Hall–Kier alpha value is -3.27. The lowest BCUT2D eigenvalue weighted by atomic mass is 9.99. The molecule has 25 heavy (non-hydrogen) atoms. The molecule has 4 heteroatoms. The number of carbonyl (C=O) groups is 1. The molecule has 0 aliphatic heterocycles. The molecule has 0 aliphatic carbocycles. The Labute approximate surface area is 147 Å². The van der Waals surface area contributed by atoms with Crippen LogP contribution in [0.25, 0.3) is 0 Å². The first kappa shape index (κ1) is 16.6. The van der Waals surface area contributed by atoms with Gasteiger partial charge < -0.3 is 14.8 Å². The van der Waals surface area contributed by atoms with Crippen LogP contribution in [0.1, 0.15) is 17.2 Å². The van der Waals surface area contributed by atoms with Crippen LogP contribution in [0.2, 0.25) is 0 Å². The van der Waals surface area contributed by atoms with Crippen molar-refractivity contribution in [3.05, 3.63) is 96.1 Å². The van der Waals surface area contributed by atoms with Crippen LogP contribution < -0.4 is 14.8 Å². The summed E-state index contributed by atoms with van der Waals surface area (Å²) in [6.45, 7) is 0. The largest absolute Gasteiger partial charge is 0.497 e. The van der Waals surface area contributed by atoms with Gasteiger partial charge in [-0.3, -0.25) is 0 Å². The second-order valence-corrected chi connectivity index (χ2v) is 5.46. The fourth-order valence-electron chi connectivity index (χ4n) is 2.55. The van der Waals surface area contributed by atoms with Crippen LogP contribution in [0.15, 0.2) is 84.9 Å². The number of methoxy groups -OCH3 is 1. The standard InChI is InChI=1S/C21H19NO3/c1-24-18-12-14-19(15-13-18)25-21(23)22-20(16-8-4-2-5-9-16)17-10-6-3-7-11-17/h2-15,20H,1H3,(H,22,23). The normalized spacial score (nSPS) is 10.3. The fourth-order valence-corrected chi connectivity index (χ4v) is 2.55. The van der Waals surface area contributed by atoms with Gasteiger partial charge in [0.1, 0.15) is 11.5 Å². The minimum atomic E-state index is -0.511. The van der Waals surface area contributed by atoms with E-state index in [9.17, 15) is 4.79 Å². The monoisotopic (exact) mass is 333 g/mol. The summed E-state index contributed by atoms with van der Waals surface area (Å²) >= 11 is 0. The topological polar surface area (TPSA) is 47.6 Å². The van der Waals surface area contributed by atoms with Crippen molar-refractivity contribution in [2.75, 3.05) is 7.11 Å². The summed E-state index contributed by atoms with van der Waals surface area (Å²) in [6.07, 6.45) is -0.511. The zero-order valence-electron chi connectivity index (χ0n) is 13.9. The SMILES string of the molecule is COc1ccc(OC(=O)NC(c2ccccc2)c2ccccc2)cc1. The Morgan fingerprint density at radius 1 is 0.760 bits per heavy atom. The summed E-state index contributed by atoms with van der Waals surface area (Å²) in [5.41, 5.74) is 1.97. The van der Waals surface area contributed by atoms with Gasteiger partial charge in [0, 0.05) is 0 Å². The Balaban J connectivity index is 1.76. The highest BCUT2D eigenvalue weighted by molar-refractivity contribution is 5.71. The summed E-state index contributed by atoms with van der Waals surface area (Å²) in [5, 5.41) is 2.93. The van der Waals surface area contributed by atoms with Crippen LogP contribution in [0.3, 0.4) is 0 Å². The number of hydrogen-bond acceptors (Lipinski definition) is 3. The minimum absolute atomic E-state index is 0.284. The maximum atomic E-state index is 12.4. The van der Waals surface area contributed by atoms with Crippen molar-refractivity contribution in [3.63, 3.8) is 0 Å². The van der Waals surface area contributed by atoms with E-state index in [1.807, 2.05) is 60.7 Å². The second-order valence-electron chi connectivity index (χ2n) is 5.46. The van der Waals surface area contributed by atoms with Crippen LogP contribution >= 0.6 is 0 Å². The smallest absolute Gasteiger partial charge is 0.413 e. The van der Waals surface area contributed by atoms with E-state index in [-0.39, 0.29) is 6.04 Å². The molecule has 4 nitrogen and oxygen atoms in total. The van der Waals surface area contributed by atoms with Crippen molar-refractivity contribution >= 4 is 6.09 Å². The molecule has 0 saturated heterocycles. The summed E-state index contributed by atoms with van der Waals surface area (Å²) in [7, 11) is 1.59. The molecule has 1 amide bonds. The van der Waals surface area contributed by atoms with Crippen LogP contribution in [0, 0.1) is 0 Å². The lowest BCUT2D eigenvalue weighted by molar-refractivity contribution is 0.198. The highest BCUT2D eigenvalue weighted by Gasteiger charge is 2.17. The maximum absolute atomic E-state index is 12.4. The molecule has 0 aromatic heterocycles. The fraction of sp³-hybridized carbons (Fsp3) is 0.0952. The predicted molar refractivity (Wildman–Crippen MR) is 96.9 cm³/mol. The number of hydrogen-bond donors (Lipinski definition) is 1. The third kappa shape index (κ3) is 4.38. The Morgan fingerprint density at radius 2 is 1.24 bits per heavy atom. The molecule has 126 valence electrons. The number of ether oxygens (including phenoxy) is 2. The molecule has 0 saturated carbocycles. The van der Waals surface area contributed by atoms with Crippen molar-refractivity contribution < 1.29 is 14.3 Å². The van der Waals surface area contributed by atoms with Crippen LogP contribution in [-0.4, -0.2) is 13.2 Å². The summed E-state index contributed by atoms with van der Waals surface area (Å²) in [6, 6.07) is 26.2. The first-order valence-corrected chi connectivity index (χ1v) is 7.98. The molecule has 3 rings (SSSR count). The molecule has 0 radical (unpaired) electrons. The highest BCUT2D eigenvalue weighted by atomic mass is 16.6. The Kier molecular flexibility index (Phi) is 5.32. The van der Waals surface area contributed by atoms with E-state index >= 15 is 0 Å². The van der Waals surface area contributed by atoms with Crippen LogP contribution in [0.4, 0.5) is 4.79 Å². The van der Waals surface area contributed by atoms with Gasteiger partial charge in [-0.15, -0.1) is 0 Å². The van der Waals surface area contributed by atoms with Gasteiger partial charge in [0.15, 0.2) is 0 Å². The zero-order valence-corrected chi connectivity index (χ0v) is 13.9. The van der Waals surface area contributed by atoms with Gasteiger partial charge in [-0.2, -0.15) is 0 Å². The van der Waals surface area contributed by atoms with Crippen molar-refractivity contribution in [1.82, 2.24) is 5.32 Å². The van der Waals surface area contributed by atoms with E-state index < -0.39 is 6.09 Å². The molecule has 0 fully saturated rings. The molecule has 1 N–H and O–H groups in total. The number of amides is 1. The van der Waals surface area contributed by atoms with Crippen molar-refractivity contribution in [2.45, 2.75) is 6.04 Å². The lowest BCUT2D eigenvalue weighted by Gasteiger charge is -2.19. The Morgan fingerprint density at radius 3 is 1.72 bits per heavy atom. The molecule has 0 heterocycles. The first-order valence-electron chi connectivity index (χ1n) is 7.98. The van der Waals surface area contributed by atoms with Gasteiger partial charge in [-0.1, -0.05) is 60.7 Å².